The largest absolute Gasteiger partial charge is 0.435 e. The van der Waals surface area contributed by atoms with E-state index in [-0.39, 0.29) is 11.9 Å². The summed E-state index contributed by atoms with van der Waals surface area (Å²) in [6.45, 7) is 0.891. The lowest BCUT2D eigenvalue weighted by Crippen LogP contribution is -2.39. The van der Waals surface area contributed by atoms with E-state index in [1.165, 1.54) is 6.07 Å². The van der Waals surface area contributed by atoms with Crippen molar-refractivity contribution in [2.75, 3.05) is 24.6 Å². The molecule has 1 atom stereocenters. The molecular formula is C16H17F2N3O2. The van der Waals surface area contributed by atoms with Gasteiger partial charge in [-0.1, -0.05) is 12.1 Å². The van der Waals surface area contributed by atoms with E-state index >= 15 is 0 Å². The molecule has 0 N–H and O–H groups in total. The summed E-state index contributed by atoms with van der Waals surface area (Å²) in [4.78, 5) is 10.7. The van der Waals surface area contributed by atoms with Crippen LogP contribution in [0.3, 0.4) is 0 Å². The molecule has 1 saturated heterocycles. The highest BCUT2D eigenvalue weighted by molar-refractivity contribution is 5.43. The van der Waals surface area contributed by atoms with E-state index in [9.17, 15) is 8.78 Å². The van der Waals surface area contributed by atoms with Gasteiger partial charge in [-0.3, -0.25) is 4.98 Å². The molecule has 1 fully saturated rings. The van der Waals surface area contributed by atoms with Gasteiger partial charge in [0.05, 0.1) is 12.3 Å². The molecule has 0 saturated carbocycles. The fourth-order valence-corrected chi connectivity index (χ4v) is 2.65. The van der Waals surface area contributed by atoms with E-state index in [1.807, 2.05) is 13.0 Å². The Kier molecular flexibility index (Phi) is 4.66. The average Bonchev–Trinajstić information content (AvgIpc) is 2.55. The number of hydrogen-bond donors (Lipinski definition) is 0. The van der Waals surface area contributed by atoms with E-state index in [0.717, 1.165) is 17.1 Å². The molecule has 2 aromatic rings. The number of nitrogens with zero attached hydrogens (tertiary/aromatic N) is 3. The van der Waals surface area contributed by atoms with E-state index in [0.29, 0.717) is 19.7 Å². The molecule has 7 heteroatoms. The number of rotatable bonds is 4. The van der Waals surface area contributed by atoms with Gasteiger partial charge in [-0.2, -0.15) is 8.78 Å². The molecule has 0 amide bonds. The summed E-state index contributed by atoms with van der Waals surface area (Å²) in [5, 5.41) is 0. The minimum Gasteiger partial charge on any atom is -0.435 e. The summed E-state index contributed by atoms with van der Waals surface area (Å²) >= 11 is 0. The fraction of sp³-hybridized carbons (Fsp3) is 0.375. The highest BCUT2D eigenvalue weighted by Gasteiger charge is 2.24. The molecule has 0 aliphatic carbocycles. The van der Waals surface area contributed by atoms with E-state index in [1.54, 1.807) is 24.5 Å². The predicted octanol–water partition coefficient (Wildman–Crippen LogP) is 2.96. The lowest BCUT2D eigenvalue weighted by atomic mass is 10.1. The van der Waals surface area contributed by atoms with E-state index < -0.39 is 6.61 Å². The van der Waals surface area contributed by atoms with Gasteiger partial charge in [0.15, 0.2) is 0 Å². The topological polar surface area (TPSA) is 47.5 Å². The smallest absolute Gasteiger partial charge is 0.387 e. The Hall–Kier alpha value is -2.28. The van der Waals surface area contributed by atoms with Crippen LogP contribution in [0.15, 0.2) is 36.7 Å². The number of benzene rings is 1. The third-order valence-electron chi connectivity index (χ3n) is 3.68. The van der Waals surface area contributed by atoms with Gasteiger partial charge in [-0.05, 0) is 24.6 Å². The first-order chi connectivity index (χ1) is 11.1. The van der Waals surface area contributed by atoms with Crippen molar-refractivity contribution < 1.29 is 18.3 Å². The Morgan fingerprint density at radius 1 is 1.30 bits per heavy atom. The Morgan fingerprint density at radius 2 is 2.13 bits per heavy atom. The summed E-state index contributed by atoms with van der Waals surface area (Å²) < 4.78 is 34.9. The zero-order valence-corrected chi connectivity index (χ0v) is 12.7. The summed E-state index contributed by atoms with van der Waals surface area (Å²) in [7, 11) is 0. The zero-order valence-electron chi connectivity index (χ0n) is 12.7. The predicted molar refractivity (Wildman–Crippen MR) is 80.7 cm³/mol. The lowest BCUT2D eigenvalue weighted by Gasteiger charge is -2.34. The van der Waals surface area contributed by atoms with Gasteiger partial charge in [0, 0.05) is 25.5 Å². The molecule has 122 valence electrons. The Labute approximate surface area is 132 Å². The van der Waals surface area contributed by atoms with Crippen molar-refractivity contribution in [2.45, 2.75) is 19.6 Å². The van der Waals surface area contributed by atoms with E-state index in [2.05, 4.69) is 19.6 Å². The zero-order chi connectivity index (χ0) is 16.2. The maximum Gasteiger partial charge on any atom is 0.387 e. The van der Waals surface area contributed by atoms with Gasteiger partial charge in [0.1, 0.15) is 17.7 Å². The average molecular weight is 321 g/mol. The monoisotopic (exact) mass is 321 g/mol. The number of halogens is 2. The minimum atomic E-state index is -2.84. The van der Waals surface area contributed by atoms with Gasteiger partial charge >= 0.3 is 6.61 Å². The van der Waals surface area contributed by atoms with Crippen molar-refractivity contribution in [3.05, 3.63) is 47.9 Å². The van der Waals surface area contributed by atoms with Crippen LogP contribution in [-0.2, 0) is 4.74 Å². The SMILES string of the molecule is Cc1nccnc1N1CCOC(c2cccc(OC(F)F)c2)C1. The van der Waals surface area contributed by atoms with Crippen LogP contribution in [0.5, 0.6) is 5.75 Å². The second kappa shape index (κ2) is 6.87. The van der Waals surface area contributed by atoms with Crippen LogP contribution in [-0.4, -0.2) is 36.3 Å². The first-order valence-electron chi connectivity index (χ1n) is 7.32. The first-order valence-corrected chi connectivity index (χ1v) is 7.32. The van der Waals surface area contributed by atoms with E-state index in [4.69, 9.17) is 4.74 Å². The van der Waals surface area contributed by atoms with Crippen LogP contribution in [0.2, 0.25) is 0 Å². The molecule has 0 radical (unpaired) electrons. The lowest BCUT2D eigenvalue weighted by molar-refractivity contribution is -0.0501. The number of aromatic nitrogens is 2. The molecule has 1 aliphatic heterocycles. The van der Waals surface area contributed by atoms with Gasteiger partial charge in [-0.15, -0.1) is 0 Å². The van der Waals surface area contributed by atoms with Crippen molar-refractivity contribution >= 4 is 5.82 Å². The molecule has 3 rings (SSSR count). The number of ether oxygens (including phenoxy) is 2. The molecule has 5 nitrogen and oxygen atoms in total. The van der Waals surface area contributed by atoms with Crippen molar-refractivity contribution in [2.24, 2.45) is 0 Å². The number of morpholine rings is 1. The Morgan fingerprint density at radius 3 is 2.91 bits per heavy atom. The summed E-state index contributed by atoms with van der Waals surface area (Å²) in [6.07, 6.45) is 3.08. The molecule has 0 spiro atoms. The summed E-state index contributed by atoms with van der Waals surface area (Å²) in [6, 6.07) is 6.62. The van der Waals surface area contributed by atoms with Crippen LogP contribution in [0.1, 0.15) is 17.4 Å². The first kappa shape index (κ1) is 15.6. The van der Waals surface area contributed by atoms with Crippen LogP contribution in [0.4, 0.5) is 14.6 Å². The maximum absolute atomic E-state index is 12.3. The molecule has 1 aliphatic rings. The van der Waals surface area contributed by atoms with Crippen LogP contribution in [0.25, 0.3) is 0 Å². The molecule has 2 heterocycles. The standard InChI is InChI=1S/C16H17F2N3O2/c1-11-15(20-6-5-19-11)21-7-8-22-14(10-21)12-3-2-4-13(9-12)23-16(17)18/h2-6,9,14,16H,7-8,10H2,1H3. The fourth-order valence-electron chi connectivity index (χ4n) is 2.65. The summed E-state index contributed by atoms with van der Waals surface area (Å²) in [5.41, 5.74) is 1.65. The number of anilines is 1. The Bertz CT molecular complexity index is 669. The van der Waals surface area contributed by atoms with Gasteiger partial charge in [0.25, 0.3) is 0 Å². The van der Waals surface area contributed by atoms with Gasteiger partial charge in [0.2, 0.25) is 0 Å². The highest BCUT2D eigenvalue weighted by Crippen LogP contribution is 2.28. The normalized spacial score (nSPS) is 18.3. The van der Waals surface area contributed by atoms with Crippen molar-refractivity contribution in [3.8, 4) is 5.75 Å². The minimum absolute atomic E-state index is 0.133. The third-order valence-corrected chi connectivity index (χ3v) is 3.68. The second-order valence-electron chi connectivity index (χ2n) is 5.22. The van der Waals surface area contributed by atoms with Crippen LogP contribution in [0, 0.1) is 6.92 Å². The summed E-state index contributed by atoms with van der Waals surface area (Å²) in [5.74, 6) is 0.953. The quantitative estimate of drug-likeness (QED) is 0.866. The van der Waals surface area contributed by atoms with Crippen molar-refractivity contribution in [1.82, 2.24) is 9.97 Å². The highest BCUT2D eigenvalue weighted by atomic mass is 19.3. The van der Waals surface area contributed by atoms with Crippen molar-refractivity contribution in [1.29, 1.82) is 0 Å². The maximum atomic E-state index is 12.3. The second-order valence-corrected chi connectivity index (χ2v) is 5.22. The van der Waals surface area contributed by atoms with Crippen molar-refractivity contribution in [3.63, 3.8) is 0 Å². The van der Waals surface area contributed by atoms with Crippen LogP contribution >= 0.6 is 0 Å². The molecule has 1 aromatic heterocycles. The molecular weight excluding hydrogens is 304 g/mol. The third kappa shape index (κ3) is 3.73. The van der Waals surface area contributed by atoms with Crippen LogP contribution < -0.4 is 9.64 Å². The molecule has 1 unspecified atom stereocenters. The molecule has 1 aromatic carbocycles. The number of aryl methyl sites for hydroxylation is 1. The molecule has 0 bridgehead atoms. The Balaban J connectivity index is 1.77. The number of hydrogen-bond acceptors (Lipinski definition) is 5. The molecule has 23 heavy (non-hydrogen) atoms. The number of alkyl halides is 2. The van der Waals surface area contributed by atoms with Gasteiger partial charge < -0.3 is 14.4 Å². The van der Waals surface area contributed by atoms with Gasteiger partial charge in [-0.25, -0.2) is 4.98 Å².